The van der Waals surface area contributed by atoms with E-state index in [2.05, 4.69) is 9.47 Å². The van der Waals surface area contributed by atoms with Crippen LogP contribution in [-0.2, 0) is 9.47 Å². The van der Waals surface area contributed by atoms with Crippen LogP contribution in [0.25, 0.3) is 0 Å². The van der Waals surface area contributed by atoms with Crippen LogP contribution < -0.4 is 5.73 Å². The van der Waals surface area contributed by atoms with Crippen LogP contribution in [0.2, 0.25) is 0 Å². The normalized spacial score (nSPS) is 14.2. The molecule has 12 heavy (non-hydrogen) atoms. The molecule has 0 radical (unpaired) electrons. The van der Waals surface area contributed by atoms with Crippen molar-refractivity contribution in [3.8, 4) is 0 Å². The lowest BCUT2D eigenvalue weighted by Gasteiger charge is -2.22. The highest BCUT2D eigenvalue weighted by Gasteiger charge is 2.42. The minimum atomic E-state index is -4.49. The molecule has 0 spiro atoms. The van der Waals surface area contributed by atoms with Crippen molar-refractivity contribution in [3.05, 3.63) is 0 Å². The summed E-state index contributed by atoms with van der Waals surface area (Å²) in [5.74, 6) is 0. The van der Waals surface area contributed by atoms with Crippen molar-refractivity contribution in [2.75, 3.05) is 14.2 Å². The fourth-order valence-electron chi connectivity index (χ4n) is 0.544. The first-order valence-electron chi connectivity index (χ1n) is 2.81. The summed E-state index contributed by atoms with van der Waals surface area (Å²) in [5, 5.41) is 0. The molecule has 0 aromatic heterocycles. The van der Waals surface area contributed by atoms with Crippen molar-refractivity contribution in [2.24, 2.45) is 5.73 Å². The highest BCUT2D eigenvalue weighted by molar-refractivity contribution is 5.85. The molecule has 0 bridgehead atoms. The van der Waals surface area contributed by atoms with Crippen molar-refractivity contribution in [2.45, 2.75) is 18.5 Å². The first-order valence-corrected chi connectivity index (χ1v) is 2.81. The van der Waals surface area contributed by atoms with E-state index < -0.39 is 18.5 Å². The van der Waals surface area contributed by atoms with Gasteiger partial charge in [0.15, 0.2) is 12.3 Å². The first kappa shape index (κ1) is 14.5. The van der Waals surface area contributed by atoms with Gasteiger partial charge in [0.2, 0.25) is 0 Å². The third-order valence-electron chi connectivity index (χ3n) is 1.14. The molecule has 2 N–H and O–H groups in total. The van der Waals surface area contributed by atoms with Crippen LogP contribution in [-0.4, -0.2) is 32.7 Å². The fraction of sp³-hybridized carbons (Fsp3) is 1.00. The zero-order valence-electron chi connectivity index (χ0n) is 6.59. The summed E-state index contributed by atoms with van der Waals surface area (Å²) in [4.78, 5) is 0. The summed E-state index contributed by atoms with van der Waals surface area (Å²) in [6, 6.07) is -2.10. The van der Waals surface area contributed by atoms with E-state index in [-0.39, 0.29) is 12.4 Å². The number of rotatable bonds is 3. The second kappa shape index (κ2) is 5.58. The highest BCUT2D eigenvalue weighted by atomic mass is 35.5. The molecule has 0 amide bonds. The lowest BCUT2D eigenvalue weighted by Crippen LogP contribution is -2.48. The summed E-state index contributed by atoms with van der Waals surface area (Å²) in [6.45, 7) is 0. The minimum absolute atomic E-state index is 0. The quantitative estimate of drug-likeness (QED) is 0.703. The van der Waals surface area contributed by atoms with Gasteiger partial charge in [0.05, 0.1) is 0 Å². The molecule has 0 fully saturated rings. The maximum atomic E-state index is 11.8. The van der Waals surface area contributed by atoms with Crippen LogP contribution in [0.15, 0.2) is 0 Å². The molecule has 1 unspecified atom stereocenters. The van der Waals surface area contributed by atoms with Crippen molar-refractivity contribution < 1.29 is 22.6 Å². The Morgan fingerprint density at radius 2 is 1.50 bits per heavy atom. The standard InChI is InChI=1S/C5H10F3NO2.ClH/c1-10-4(11-2)3(9)5(6,7)8;/h3-4H,9H2,1-2H3;1H. The summed E-state index contributed by atoms with van der Waals surface area (Å²) in [7, 11) is 2.19. The molecule has 0 aliphatic heterocycles. The number of halogens is 4. The Labute approximate surface area is 74.4 Å². The van der Waals surface area contributed by atoms with E-state index in [1.807, 2.05) is 0 Å². The molecule has 0 saturated carbocycles. The van der Waals surface area contributed by atoms with E-state index in [4.69, 9.17) is 5.73 Å². The van der Waals surface area contributed by atoms with Gasteiger partial charge in [-0.25, -0.2) is 0 Å². The zero-order chi connectivity index (χ0) is 9.07. The summed E-state index contributed by atoms with van der Waals surface area (Å²) < 4.78 is 44.0. The predicted octanol–water partition coefficient (Wildman–Crippen LogP) is 0.917. The van der Waals surface area contributed by atoms with E-state index >= 15 is 0 Å². The Balaban J connectivity index is 0. The van der Waals surface area contributed by atoms with E-state index in [9.17, 15) is 13.2 Å². The maximum absolute atomic E-state index is 11.8. The Kier molecular flexibility index (Phi) is 6.73. The molecular weight excluding hydrogens is 199 g/mol. The van der Waals surface area contributed by atoms with Crippen LogP contribution in [0.5, 0.6) is 0 Å². The number of nitrogens with two attached hydrogens (primary N) is 1. The van der Waals surface area contributed by atoms with E-state index in [0.29, 0.717) is 0 Å². The minimum Gasteiger partial charge on any atom is -0.354 e. The molecule has 0 aromatic carbocycles. The average Bonchev–Trinajstić information content (AvgIpc) is 1.88. The van der Waals surface area contributed by atoms with Gasteiger partial charge in [-0.1, -0.05) is 0 Å². The molecule has 0 aromatic rings. The maximum Gasteiger partial charge on any atom is 0.408 e. The number of ether oxygens (including phenoxy) is 2. The average molecular weight is 210 g/mol. The second-order valence-corrected chi connectivity index (χ2v) is 1.91. The van der Waals surface area contributed by atoms with Crippen molar-refractivity contribution in [3.63, 3.8) is 0 Å². The van der Waals surface area contributed by atoms with Gasteiger partial charge in [0, 0.05) is 14.2 Å². The molecule has 1 atom stereocenters. The van der Waals surface area contributed by atoms with E-state index in [1.165, 1.54) is 0 Å². The summed E-state index contributed by atoms with van der Waals surface area (Å²) in [5.41, 5.74) is 4.74. The lowest BCUT2D eigenvalue weighted by molar-refractivity contribution is -0.221. The van der Waals surface area contributed by atoms with E-state index in [1.54, 1.807) is 0 Å². The smallest absolute Gasteiger partial charge is 0.354 e. The van der Waals surface area contributed by atoms with Gasteiger partial charge in [0.1, 0.15) is 0 Å². The van der Waals surface area contributed by atoms with Gasteiger partial charge in [-0.15, -0.1) is 12.4 Å². The SMILES string of the molecule is COC(OC)C(N)C(F)(F)F.Cl. The Bertz CT molecular complexity index is 118. The molecule has 0 aliphatic carbocycles. The molecule has 0 heterocycles. The van der Waals surface area contributed by atoms with Crippen LogP contribution >= 0.6 is 12.4 Å². The monoisotopic (exact) mass is 209 g/mol. The van der Waals surface area contributed by atoms with E-state index in [0.717, 1.165) is 14.2 Å². The van der Waals surface area contributed by atoms with Gasteiger partial charge in [-0.05, 0) is 0 Å². The molecule has 3 nitrogen and oxygen atoms in total. The third-order valence-corrected chi connectivity index (χ3v) is 1.14. The van der Waals surface area contributed by atoms with Crippen molar-refractivity contribution >= 4 is 12.4 Å². The fourth-order valence-corrected chi connectivity index (χ4v) is 0.544. The number of alkyl halides is 3. The summed E-state index contributed by atoms with van der Waals surface area (Å²) >= 11 is 0. The zero-order valence-corrected chi connectivity index (χ0v) is 7.41. The molecular formula is C5H11ClF3NO2. The topological polar surface area (TPSA) is 44.5 Å². The predicted molar refractivity (Wildman–Crippen MR) is 39.1 cm³/mol. The highest BCUT2D eigenvalue weighted by Crippen LogP contribution is 2.21. The van der Waals surface area contributed by atoms with Crippen LogP contribution in [0.3, 0.4) is 0 Å². The largest absolute Gasteiger partial charge is 0.408 e. The molecule has 76 valence electrons. The summed E-state index contributed by atoms with van der Waals surface area (Å²) in [6.07, 6.45) is -5.92. The van der Waals surface area contributed by atoms with Crippen molar-refractivity contribution in [1.29, 1.82) is 0 Å². The molecule has 0 aliphatic rings. The first-order chi connectivity index (χ1) is 4.93. The lowest BCUT2D eigenvalue weighted by atomic mass is 10.3. The number of methoxy groups -OCH3 is 2. The number of hydrogen-bond acceptors (Lipinski definition) is 3. The van der Waals surface area contributed by atoms with Crippen molar-refractivity contribution in [1.82, 2.24) is 0 Å². The van der Waals surface area contributed by atoms with Crippen LogP contribution in [0.4, 0.5) is 13.2 Å². The molecule has 0 rings (SSSR count). The van der Waals surface area contributed by atoms with Gasteiger partial charge in [0.25, 0.3) is 0 Å². The molecule has 7 heteroatoms. The van der Waals surface area contributed by atoms with Gasteiger partial charge in [-0.2, -0.15) is 13.2 Å². The van der Waals surface area contributed by atoms with Gasteiger partial charge in [-0.3, -0.25) is 0 Å². The van der Waals surface area contributed by atoms with Crippen LogP contribution in [0, 0.1) is 0 Å². The molecule has 0 saturated heterocycles. The van der Waals surface area contributed by atoms with Gasteiger partial charge < -0.3 is 15.2 Å². The second-order valence-electron chi connectivity index (χ2n) is 1.91. The Morgan fingerprint density at radius 3 is 1.58 bits per heavy atom. The van der Waals surface area contributed by atoms with Gasteiger partial charge >= 0.3 is 6.18 Å². The number of hydrogen-bond donors (Lipinski definition) is 1. The third kappa shape index (κ3) is 4.10. The van der Waals surface area contributed by atoms with Crippen LogP contribution in [0.1, 0.15) is 0 Å². The Hall–Kier alpha value is -0.0400. The Morgan fingerprint density at radius 1 is 1.17 bits per heavy atom.